The number of aryl methyl sites for hydroxylation is 1. The zero-order valence-electron chi connectivity index (χ0n) is 9.92. The number of rotatable bonds is 2. The van der Waals surface area contributed by atoms with E-state index in [1.807, 2.05) is 0 Å². The van der Waals surface area contributed by atoms with Gasteiger partial charge in [-0.25, -0.2) is 8.78 Å². The molecule has 0 aromatic heterocycles. The van der Waals surface area contributed by atoms with Gasteiger partial charge in [0.05, 0.1) is 5.02 Å². The number of halogens is 4. The van der Waals surface area contributed by atoms with Crippen LogP contribution in [0.15, 0.2) is 30.3 Å². The van der Waals surface area contributed by atoms with Gasteiger partial charge in [0.25, 0.3) is 0 Å². The molecule has 0 heterocycles. The maximum Gasteiger partial charge on any atom is 0.142 e. The standard InChI is InChI=1S/C14H10Cl2F2O/c1-7-4-9(11(16)6-12(7)17)14(19)8-2-3-10(15)13(18)5-8/h2-6,14,19H,1H3. The molecule has 1 atom stereocenters. The van der Waals surface area contributed by atoms with Crippen molar-refractivity contribution < 1.29 is 13.9 Å². The minimum Gasteiger partial charge on any atom is -0.384 e. The molecule has 1 unspecified atom stereocenters. The molecule has 1 N–H and O–H groups in total. The van der Waals surface area contributed by atoms with Gasteiger partial charge in [-0.15, -0.1) is 0 Å². The lowest BCUT2D eigenvalue weighted by Gasteiger charge is -2.14. The minimum absolute atomic E-state index is 0.0302. The summed E-state index contributed by atoms with van der Waals surface area (Å²) in [6.07, 6.45) is -1.14. The number of aliphatic hydroxyl groups is 1. The van der Waals surface area contributed by atoms with Crippen LogP contribution < -0.4 is 0 Å². The third kappa shape index (κ3) is 2.89. The van der Waals surface area contributed by atoms with E-state index in [9.17, 15) is 13.9 Å². The first kappa shape index (κ1) is 14.3. The highest BCUT2D eigenvalue weighted by atomic mass is 35.5. The van der Waals surface area contributed by atoms with Crippen LogP contribution in [0.25, 0.3) is 0 Å². The average Bonchev–Trinajstić information content (AvgIpc) is 2.36. The van der Waals surface area contributed by atoms with Crippen molar-refractivity contribution in [1.82, 2.24) is 0 Å². The average molecular weight is 303 g/mol. The summed E-state index contributed by atoms with van der Waals surface area (Å²) in [4.78, 5) is 0. The van der Waals surface area contributed by atoms with Crippen LogP contribution in [0.3, 0.4) is 0 Å². The Balaban J connectivity index is 2.46. The quantitative estimate of drug-likeness (QED) is 0.855. The molecule has 0 bridgehead atoms. The summed E-state index contributed by atoms with van der Waals surface area (Å²) in [5, 5.41) is 10.2. The van der Waals surface area contributed by atoms with Gasteiger partial charge >= 0.3 is 0 Å². The van der Waals surface area contributed by atoms with E-state index in [2.05, 4.69) is 0 Å². The molecule has 0 spiro atoms. The lowest BCUT2D eigenvalue weighted by Crippen LogP contribution is -2.02. The second-order valence-electron chi connectivity index (χ2n) is 4.20. The molecular weight excluding hydrogens is 293 g/mol. The normalized spacial score (nSPS) is 12.5. The summed E-state index contributed by atoms with van der Waals surface area (Å²) in [6.45, 7) is 1.56. The Hall–Kier alpha value is -1.16. The minimum atomic E-state index is -1.14. The van der Waals surface area contributed by atoms with E-state index in [1.54, 1.807) is 6.92 Å². The molecule has 0 aliphatic rings. The predicted octanol–water partition coefficient (Wildman–Crippen LogP) is 4.66. The molecule has 1 nitrogen and oxygen atoms in total. The summed E-state index contributed by atoms with van der Waals surface area (Å²) in [5.41, 5.74) is 0.977. The van der Waals surface area contributed by atoms with Crippen LogP contribution in [-0.4, -0.2) is 5.11 Å². The molecule has 5 heteroatoms. The Morgan fingerprint density at radius 3 is 2.32 bits per heavy atom. The Morgan fingerprint density at radius 2 is 1.68 bits per heavy atom. The first-order valence-electron chi connectivity index (χ1n) is 5.48. The molecular formula is C14H10Cl2F2O. The molecule has 100 valence electrons. The van der Waals surface area contributed by atoms with Gasteiger partial charge in [0.15, 0.2) is 0 Å². The second-order valence-corrected chi connectivity index (χ2v) is 5.01. The summed E-state index contributed by atoms with van der Waals surface area (Å²) in [6, 6.07) is 6.53. The van der Waals surface area contributed by atoms with Crippen LogP contribution in [0, 0.1) is 18.6 Å². The molecule has 2 aromatic rings. The van der Waals surface area contributed by atoms with Crippen LogP contribution in [0.2, 0.25) is 10.0 Å². The fourth-order valence-corrected chi connectivity index (χ4v) is 2.12. The fourth-order valence-electron chi connectivity index (χ4n) is 1.75. The van der Waals surface area contributed by atoms with E-state index >= 15 is 0 Å². The molecule has 19 heavy (non-hydrogen) atoms. The van der Waals surface area contributed by atoms with Crippen LogP contribution in [0.5, 0.6) is 0 Å². The Kier molecular flexibility index (Phi) is 4.09. The molecule has 0 fully saturated rings. The second kappa shape index (κ2) is 5.45. The van der Waals surface area contributed by atoms with Crippen molar-refractivity contribution in [2.24, 2.45) is 0 Å². The first-order valence-corrected chi connectivity index (χ1v) is 6.24. The maximum absolute atomic E-state index is 13.4. The topological polar surface area (TPSA) is 20.2 Å². The maximum atomic E-state index is 13.4. The number of hydrogen-bond acceptors (Lipinski definition) is 1. The Bertz CT molecular complexity index is 629. The van der Waals surface area contributed by atoms with Crippen molar-refractivity contribution in [2.45, 2.75) is 13.0 Å². The third-order valence-electron chi connectivity index (χ3n) is 2.83. The van der Waals surface area contributed by atoms with Crippen LogP contribution in [0.1, 0.15) is 22.8 Å². The van der Waals surface area contributed by atoms with E-state index in [-0.39, 0.29) is 10.0 Å². The fraction of sp³-hybridized carbons (Fsp3) is 0.143. The predicted molar refractivity (Wildman–Crippen MR) is 71.6 cm³/mol. The van der Waals surface area contributed by atoms with E-state index in [4.69, 9.17) is 23.2 Å². The zero-order valence-corrected chi connectivity index (χ0v) is 11.4. The molecule has 0 aliphatic carbocycles. The van der Waals surface area contributed by atoms with Gasteiger partial charge in [-0.2, -0.15) is 0 Å². The largest absolute Gasteiger partial charge is 0.384 e. The van der Waals surface area contributed by atoms with E-state index in [0.29, 0.717) is 16.7 Å². The highest BCUT2D eigenvalue weighted by molar-refractivity contribution is 6.31. The highest BCUT2D eigenvalue weighted by Crippen LogP contribution is 2.31. The SMILES string of the molecule is Cc1cc(C(O)c2ccc(Cl)c(F)c2)c(Cl)cc1F. The molecule has 0 amide bonds. The van der Waals surface area contributed by atoms with Crippen LogP contribution >= 0.6 is 23.2 Å². The number of benzene rings is 2. The summed E-state index contributed by atoms with van der Waals surface area (Å²) < 4.78 is 26.7. The van der Waals surface area contributed by atoms with Crippen molar-refractivity contribution in [3.8, 4) is 0 Å². The van der Waals surface area contributed by atoms with Gasteiger partial charge in [-0.3, -0.25) is 0 Å². The summed E-state index contributed by atoms with van der Waals surface area (Å²) in [7, 11) is 0. The van der Waals surface area contributed by atoms with Gasteiger partial charge < -0.3 is 5.11 Å². The van der Waals surface area contributed by atoms with E-state index in [0.717, 1.165) is 12.1 Å². The van der Waals surface area contributed by atoms with Crippen LogP contribution in [-0.2, 0) is 0 Å². The van der Waals surface area contributed by atoms with Crippen molar-refractivity contribution in [1.29, 1.82) is 0 Å². The third-order valence-corrected chi connectivity index (χ3v) is 3.47. The Labute approximate surface area is 119 Å². The van der Waals surface area contributed by atoms with Gasteiger partial charge in [0, 0.05) is 10.6 Å². The first-order chi connectivity index (χ1) is 8.90. The van der Waals surface area contributed by atoms with Gasteiger partial charge in [0.2, 0.25) is 0 Å². The van der Waals surface area contributed by atoms with E-state index in [1.165, 1.54) is 18.2 Å². The molecule has 0 saturated carbocycles. The van der Waals surface area contributed by atoms with Gasteiger partial charge in [-0.1, -0.05) is 29.3 Å². The molecule has 0 saturated heterocycles. The molecule has 2 rings (SSSR count). The van der Waals surface area contributed by atoms with Gasteiger partial charge in [-0.05, 0) is 42.3 Å². The van der Waals surface area contributed by atoms with Gasteiger partial charge in [0.1, 0.15) is 17.7 Å². The van der Waals surface area contributed by atoms with Crippen molar-refractivity contribution in [3.05, 3.63) is 68.7 Å². The molecule has 2 aromatic carbocycles. The smallest absolute Gasteiger partial charge is 0.142 e. The van der Waals surface area contributed by atoms with Crippen molar-refractivity contribution in [2.75, 3.05) is 0 Å². The van der Waals surface area contributed by atoms with Crippen molar-refractivity contribution >= 4 is 23.2 Å². The van der Waals surface area contributed by atoms with Crippen molar-refractivity contribution in [3.63, 3.8) is 0 Å². The summed E-state index contributed by atoms with van der Waals surface area (Å²) >= 11 is 11.5. The van der Waals surface area contributed by atoms with E-state index < -0.39 is 17.7 Å². The highest BCUT2D eigenvalue weighted by Gasteiger charge is 2.17. The number of aliphatic hydroxyl groups excluding tert-OH is 1. The Morgan fingerprint density at radius 1 is 1.00 bits per heavy atom. The lowest BCUT2D eigenvalue weighted by molar-refractivity contribution is 0.219. The van der Waals surface area contributed by atoms with Crippen LogP contribution in [0.4, 0.5) is 8.78 Å². The summed E-state index contributed by atoms with van der Waals surface area (Å²) in [5.74, 6) is -1.09. The number of hydrogen-bond donors (Lipinski definition) is 1. The molecule has 0 aliphatic heterocycles. The lowest BCUT2D eigenvalue weighted by atomic mass is 9.99. The monoisotopic (exact) mass is 302 g/mol. The zero-order chi connectivity index (χ0) is 14.2. The molecule has 0 radical (unpaired) electrons.